The Morgan fingerprint density at radius 2 is 1.89 bits per heavy atom. The summed E-state index contributed by atoms with van der Waals surface area (Å²) in [5, 5.41) is 0. The van der Waals surface area contributed by atoms with Crippen molar-refractivity contribution in [2.75, 3.05) is 6.61 Å². The molecule has 27 heavy (non-hydrogen) atoms. The molecule has 3 aliphatic rings. The first-order valence-electron chi connectivity index (χ1n) is 9.98. The number of fused-ring (bicyclic) bond motifs is 3. The second kappa shape index (κ2) is 8.05. The fraction of sp³-hybridized carbons (Fsp3) is 0.900. The van der Waals surface area contributed by atoms with Gasteiger partial charge in [0, 0.05) is 13.8 Å². The fourth-order valence-corrected chi connectivity index (χ4v) is 4.77. The van der Waals surface area contributed by atoms with E-state index < -0.39 is 12.1 Å². The Balaban J connectivity index is 1.67. The maximum atomic E-state index is 11.8. The number of carbonyl (C=O) groups excluding carboxylic acids is 2. The second-order valence-corrected chi connectivity index (χ2v) is 8.60. The molecule has 0 aromatic heterocycles. The molecule has 7 atom stereocenters. The van der Waals surface area contributed by atoms with E-state index in [0.29, 0.717) is 12.5 Å². The second-order valence-electron chi connectivity index (χ2n) is 8.60. The van der Waals surface area contributed by atoms with Gasteiger partial charge in [-0.3, -0.25) is 9.59 Å². The molecule has 0 bridgehead atoms. The van der Waals surface area contributed by atoms with E-state index in [9.17, 15) is 9.59 Å². The summed E-state index contributed by atoms with van der Waals surface area (Å²) in [4.78, 5) is 22.8. The molecule has 2 saturated heterocycles. The Kier molecular flexibility index (Phi) is 6.13. The van der Waals surface area contributed by atoms with Gasteiger partial charge in [-0.15, -0.1) is 0 Å². The molecule has 3 fully saturated rings. The van der Waals surface area contributed by atoms with Crippen LogP contribution in [0.2, 0.25) is 0 Å². The first-order valence-corrected chi connectivity index (χ1v) is 9.98. The summed E-state index contributed by atoms with van der Waals surface area (Å²) in [6.45, 7) is 9.20. The van der Waals surface area contributed by atoms with Crippen LogP contribution in [0.15, 0.2) is 0 Å². The molecule has 7 nitrogen and oxygen atoms in total. The van der Waals surface area contributed by atoms with E-state index in [1.54, 1.807) is 0 Å². The quantitative estimate of drug-likeness (QED) is 0.651. The number of rotatable bonds is 6. The molecule has 154 valence electrons. The highest BCUT2D eigenvalue weighted by Gasteiger charge is 2.60. The van der Waals surface area contributed by atoms with Crippen LogP contribution < -0.4 is 0 Å². The van der Waals surface area contributed by atoms with E-state index in [1.807, 2.05) is 13.8 Å². The summed E-state index contributed by atoms with van der Waals surface area (Å²) in [6, 6.07) is 0. The van der Waals surface area contributed by atoms with Crippen LogP contribution in [0.5, 0.6) is 0 Å². The van der Waals surface area contributed by atoms with Crippen molar-refractivity contribution in [3.8, 4) is 0 Å². The number of hydrogen-bond donors (Lipinski definition) is 0. The lowest BCUT2D eigenvalue weighted by Crippen LogP contribution is -2.48. The predicted molar refractivity (Wildman–Crippen MR) is 95.5 cm³/mol. The van der Waals surface area contributed by atoms with Crippen LogP contribution in [0.1, 0.15) is 60.3 Å². The average Bonchev–Trinajstić information content (AvgIpc) is 3.00. The van der Waals surface area contributed by atoms with E-state index in [1.165, 1.54) is 13.8 Å². The van der Waals surface area contributed by atoms with Crippen molar-refractivity contribution < 1.29 is 33.3 Å². The van der Waals surface area contributed by atoms with Gasteiger partial charge in [0.25, 0.3) is 0 Å². The highest BCUT2D eigenvalue weighted by Crippen LogP contribution is 2.49. The van der Waals surface area contributed by atoms with Gasteiger partial charge in [-0.25, -0.2) is 0 Å². The Morgan fingerprint density at radius 3 is 2.56 bits per heavy atom. The number of hydrogen-bond acceptors (Lipinski definition) is 7. The van der Waals surface area contributed by atoms with Crippen LogP contribution in [0, 0.1) is 17.8 Å². The molecule has 1 aliphatic carbocycles. The normalized spacial score (nSPS) is 38.0. The van der Waals surface area contributed by atoms with Gasteiger partial charge in [0.2, 0.25) is 0 Å². The minimum Gasteiger partial charge on any atom is -0.466 e. The van der Waals surface area contributed by atoms with Gasteiger partial charge in [0.15, 0.2) is 12.1 Å². The fourth-order valence-electron chi connectivity index (χ4n) is 4.77. The summed E-state index contributed by atoms with van der Waals surface area (Å²) in [6.07, 6.45) is 2.68. The number of carbonyl (C=O) groups is 2. The molecule has 1 saturated carbocycles. The predicted octanol–water partition coefficient (Wildman–Crippen LogP) is 2.80. The summed E-state index contributed by atoms with van der Waals surface area (Å²) in [5.41, 5.74) is 0. The van der Waals surface area contributed by atoms with Crippen LogP contribution in [-0.2, 0) is 33.3 Å². The number of ether oxygens (including phenoxy) is 5. The molecule has 0 spiro atoms. The molecule has 2 heterocycles. The summed E-state index contributed by atoms with van der Waals surface area (Å²) in [5.74, 6) is -0.641. The Labute approximate surface area is 161 Å². The molecule has 0 aromatic carbocycles. The van der Waals surface area contributed by atoms with E-state index in [0.717, 1.165) is 25.7 Å². The first-order chi connectivity index (χ1) is 12.7. The highest BCUT2D eigenvalue weighted by atomic mass is 16.8. The van der Waals surface area contributed by atoms with Gasteiger partial charge in [0.1, 0.15) is 12.2 Å². The molecule has 0 amide bonds. The van der Waals surface area contributed by atoms with E-state index in [-0.39, 0.29) is 42.1 Å². The van der Waals surface area contributed by atoms with Crippen molar-refractivity contribution in [3.05, 3.63) is 0 Å². The van der Waals surface area contributed by atoms with Crippen LogP contribution in [0.25, 0.3) is 0 Å². The van der Waals surface area contributed by atoms with E-state index >= 15 is 0 Å². The molecule has 0 unspecified atom stereocenters. The largest absolute Gasteiger partial charge is 0.466 e. The first kappa shape index (κ1) is 20.6. The molecule has 3 rings (SSSR count). The zero-order chi connectivity index (χ0) is 19.8. The number of esters is 2. The third kappa shape index (κ3) is 4.81. The minimum absolute atomic E-state index is 0.00643. The summed E-state index contributed by atoms with van der Waals surface area (Å²) >= 11 is 0. The lowest BCUT2D eigenvalue weighted by atomic mass is 9.72. The van der Waals surface area contributed by atoms with Crippen LogP contribution in [-0.4, -0.2) is 48.9 Å². The van der Waals surface area contributed by atoms with Gasteiger partial charge in [-0.1, -0.05) is 6.92 Å². The average molecular weight is 384 g/mol. The van der Waals surface area contributed by atoms with Gasteiger partial charge in [-0.2, -0.15) is 0 Å². The molecule has 0 N–H and O–H groups in total. The monoisotopic (exact) mass is 384 g/mol. The molecule has 0 radical (unpaired) electrons. The molecule has 7 heteroatoms. The van der Waals surface area contributed by atoms with Gasteiger partial charge in [0.05, 0.1) is 18.6 Å². The van der Waals surface area contributed by atoms with Crippen molar-refractivity contribution >= 4 is 11.9 Å². The lowest BCUT2D eigenvalue weighted by molar-refractivity contribution is -0.223. The minimum atomic E-state index is -0.689. The van der Waals surface area contributed by atoms with Crippen molar-refractivity contribution in [1.29, 1.82) is 0 Å². The zero-order valence-electron chi connectivity index (χ0n) is 16.9. The van der Waals surface area contributed by atoms with Gasteiger partial charge in [-0.05, 0) is 51.4 Å². The summed E-state index contributed by atoms with van der Waals surface area (Å²) < 4.78 is 28.9. The van der Waals surface area contributed by atoms with Crippen LogP contribution in [0.3, 0.4) is 0 Å². The lowest BCUT2D eigenvalue weighted by Gasteiger charge is -2.41. The molecular weight excluding hydrogens is 352 g/mol. The van der Waals surface area contributed by atoms with E-state index in [2.05, 4.69) is 6.92 Å². The van der Waals surface area contributed by atoms with Crippen molar-refractivity contribution in [2.45, 2.75) is 90.7 Å². The maximum Gasteiger partial charge on any atom is 0.302 e. The van der Waals surface area contributed by atoms with Crippen molar-refractivity contribution in [3.63, 3.8) is 0 Å². The Morgan fingerprint density at radius 1 is 1.15 bits per heavy atom. The van der Waals surface area contributed by atoms with Gasteiger partial charge < -0.3 is 23.7 Å². The standard InChI is InChI=1S/C20H32O7/c1-11(8-9-23-12(2)21)10-14-6-7-15-16(17(14)24-13(3)22)18-19(25-15)27-20(4,5)26-18/h11,14-19H,6-10H2,1-5H3/t11-,14-,15-,16+,17+,18-,19-/m1/s1. The SMILES string of the molecule is CC(=O)OCC[C@@H](C)C[C@H]1CC[C@H]2O[C@@H]3OC(C)(C)O[C@@H]3[C@@H]2[C@H]1OC(C)=O. The van der Waals surface area contributed by atoms with Crippen LogP contribution >= 0.6 is 0 Å². The van der Waals surface area contributed by atoms with E-state index in [4.69, 9.17) is 23.7 Å². The molecule has 2 aliphatic heterocycles. The van der Waals surface area contributed by atoms with Crippen molar-refractivity contribution in [1.82, 2.24) is 0 Å². The third-order valence-corrected chi connectivity index (χ3v) is 5.79. The third-order valence-electron chi connectivity index (χ3n) is 5.79. The summed E-state index contributed by atoms with van der Waals surface area (Å²) in [7, 11) is 0. The van der Waals surface area contributed by atoms with Crippen LogP contribution in [0.4, 0.5) is 0 Å². The maximum absolute atomic E-state index is 11.8. The Hall–Kier alpha value is -1.18. The molecular formula is C20H32O7. The highest BCUT2D eigenvalue weighted by molar-refractivity contribution is 5.66. The smallest absolute Gasteiger partial charge is 0.302 e. The zero-order valence-corrected chi connectivity index (χ0v) is 16.9. The van der Waals surface area contributed by atoms with Crippen molar-refractivity contribution in [2.24, 2.45) is 17.8 Å². The Bertz CT molecular complexity index is 561. The van der Waals surface area contributed by atoms with Gasteiger partial charge >= 0.3 is 11.9 Å². The molecule has 0 aromatic rings. The topological polar surface area (TPSA) is 80.3 Å².